The van der Waals surface area contributed by atoms with Crippen molar-refractivity contribution in [1.82, 2.24) is 0 Å². The van der Waals surface area contributed by atoms with Crippen molar-refractivity contribution in [3.63, 3.8) is 0 Å². The third-order valence-corrected chi connectivity index (χ3v) is 3.19. The van der Waals surface area contributed by atoms with Gasteiger partial charge < -0.3 is 19.4 Å². The van der Waals surface area contributed by atoms with Gasteiger partial charge in [-0.1, -0.05) is 19.0 Å². The number of oxime groups is 1. The van der Waals surface area contributed by atoms with Gasteiger partial charge in [0.15, 0.2) is 6.10 Å². The third kappa shape index (κ3) is 3.69. The molecule has 1 heterocycles. The molecule has 0 spiro atoms. The minimum absolute atomic E-state index is 0.154. The van der Waals surface area contributed by atoms with Gasteiger partial charge in [0, 0.05) is 6.42 Å². The van der Waals surface area contributed by atoms with Crippen molar-refractivity contribution in [2.75, 3.05) is 14.2 Å². The number of methoxy groups -OCH3 is 2. The van der Waals surface area contributed by atoms with E-state index in [1.807, 2.05) is 13.8 Å². The van der Waals surface area contributed by atoms with Crippen LogP contribution in [0, 0.1) is 11.8 Å². The molecule has 0 aromatic heterocycles. The van der Waals surface area contributed by atoms with Crippen LogP contribution >= 0.6 is 0 Å². The minimum atomic E-state index is -0.849. The number of esters is 2. The van der Waals surface area contributed by atoms with E-state index in [-0.39, 0.29) is 12.3 Å². The van der Waals surface area contributed by atoms with Crippen molar-refractivity contribution in [2.24, 2.45) is 17.0 Å². The molecule has 1 aliphatic heterocycles. The summed E-state index contributed by atoms with van der Waals surface area (Å²) in [6, 6.07) is 0. The molecule has 1 N–H and O–H groups in total. The zero-order valence-electron chi connectivity index (χ0n) is 12.2. The average Bonchev–Trinajstić information content (AvgIpc) is 2.87. The molecular weight excluding hydrogens is 266 g/mol. The van der Waals surface area contributed by atoms with Crippen LogP contribution in [0.1, 0.15) is 26.7 Å². The number of ether oxygens (including phenoxy) is 3. The summed E-state index contributed by atoms with van der Waals surface area (Å²) in [4.78, 5) is 23.3. The highest BCUT2D eigenvalue weighted by atomic mass is 16.6. The number of hydrogen-bond acceptors (Lipinski definition) is 7. The lowest BCUT2D eigenvalue weighted by Gasteiger charge is -2.19. The second-order valence-corrected chi connectivity index (χ2v) is 5.12. The molecule has 7 heteroatoms. The fraction of sp³-hybridized carbons (Fsp3) is 0.769. The molecule has 1 fully saturated rings. The Morgan fingerprint density at radius 2 is 1.90 bits per heavy atom. The Hall–Kier alpha value is -1.63. The number of carbonyl (C=O) groups is 2. The normalized spacial score (nSPS) is 26.6. The Balaban J connectivity index is 2.94. The van der Waals surface area contributed by atoms with Crippen LogP contribution in [0.5, 0.6) is 0 Å². The van der Waals surface area contributed by atoms with Crippen LogP contribution < -0.4 is 0 Å². The van der Waals surface area contributed by atoms with E-state index in [0.717, 1.165) is 0 Å². The predicted octanol–water partition coefficient (Wildman–Crippen LogP) is 0.982. The van der Waals surface area contributed by atoms with E-state index in [9.17, 15) is 9.59 Å². The van der Waals surface area contributed by atoms with E-state index in [2.05, 4.69) is 9.89 Å². The molecule has 3 atom stereocenters. The predicted molar refractivity (Wildman–Crippen MR) is 69.5 cm³/mol. The Labute approximate surface area is 117 Å². The Morgan fingerprint density at radius 1 is 1.30 bits per heavy atom. The molecule has 20 heavy (non-hydrogen) atoms. The maximum atomic E-state index is 11.8. The van der Waals surface area contributed by atoms with Crippen molar-refractivity contribution in [3.05, 3.63) is 0 Å². The zero-order chi connectivity index (χ0) is 15.3. The van der Waals surface area contributed by atoms with Crippen molar-refractivity contribution < 1.29 is 29.0 Å². The Morgan fingerprint density at radius 3 is 2.35 bits per heavy atom. The zero-order valence-corrected chi connectivity index (χ0v) is 12.2. The van der Waals surface area contributed by atoms with Gasteiger partial charge in [0.05, 0.1) is 25.8 Å². The van der Waals surface area contributed by atoms with E-state index in [0.29, 0.717) is 12.1 Å². The van der Waals surface area contributed by atoms with Crippen LogP contribution in [0.4, 0.5) is 0 Å². The lowest BCUT2D eigenvalue weighted by Crippen LogP contribution is -2.33. The van der Waals surface area contributed by atoms with Gasteiger partial charge in [-0.2, -0.15) is 0 Å². The lowest BCUT2D eigenvalue weighted by molar-refractivity contribution is -0.152. The fourth-order valence-electron chi connectivity index (χ4n) is 2.28. The fourth-order valence-corrected chi connectivity index (χ4v) is 2.28. The molecular formula is C13H21NO6. The summed E-state index contributed by atoms with van der Waals surface area (Å²) >= 11 is 0. The first-order chi connectivity index (χ1) is 9.44. The summed E-state index contributed by atoms with van der Waals surface area (Å²) < 4.78 is 14.9. The summed E-state index contributed by atoms with van der Waals surface area (Å²) in [7, 11) is 2.52. The third-order valence-electron chi connectivity index (χ3n) is 3.19. The van der Waals surface area contributed by atoms with Crippen LogP contribution in [-0.4, -0.2) is 49.3 Å². The standard InChI is InChI=1S/C13H21NO6/c1-7(2)5-9(14-17)11-8(12(15)18-3)6-10(20-11)13(16)19-4/h7-8,10-11,17H,5-6H2,1-4H3/b14-9+/t8-,10-,11-/m1/s1. The lowest BCUT2D eigenvalue weighted by atomic mass is 9.92. The van der Waals surface area contributed by atoms with Crippen LogP contribution in [0.25, 0.3) is 0 Å². The molecule has 1 saturated heterocycles. The number of rotatable bonds is 5. The molecule has 0 unspecified atom stereocenters. The first kappa shape index (κ1) is 16.4. The van der Waals surface area contributed by atoms with E-state index >= 15 is 0 Å². The van der Waals surface area contributed by atoms with Gasteiger partial charge in [0.1, 0.15) is 6.10 Å². The van der Waals surface area contributed by atoms with E-state index in [1.54, 1.807) is 0 Å². The minimum Gasteiger partial charge on any atom is -0.469 e. The summed E-state index contributed by atoms with van der Waals surface area (Å²) in [5, 5.41) is 12.4. The summed E-state index contributed by atoms with van der Waals surface area (Å²) in [5.41, 5.74) is 0.335. The van der Waals surface area contributed by atoms with Gasteiger partial charge in [-0.3, -0.25) is 4.79 Å². The highest BCUT2D eigenvalue weighted by Gasteiger charge is 2.46. The van der Waals surface area contributed by atoms with Crippen LogP contribution in [0.15, 0.2) is 5.16 Å². The highest BCUT2D eigenvalue weighted by molar-refractivity contribution is 5.94. The monoisotopic (exact) mass is 287 g/mol. The average molecular weight is 287 g/mol. The van der Waals surface area contributed by atoms with E-state index < -0.39 is 30.1 Å². The molecule has 0 amide bonds. The Kier molecular flexibility index (Phi) is 5.94. The molecule has 7 nitrogen and oxygen atoms in total. The van der Waals surface area contributed by atoms with Gasteiger partial charge in [-0.25, -0.2) is 4.79 Å². The quantitative estimate of drug-likeness (QED) is 0.350. The van der Waals surface area contributed by atoms with Crippen molar-refractivity contribution in [3.8, 4) is 0 Å². The molecule has 0 saturated carbocycles. The summed E-state index contributed by atoms with van der Waals surface area (Å²) in [6.45, 7) is 3.90. The maximum absolute atomic E-state index is 11.8. The molecule has 0 aliphatic carbocycles. The summed E-state index contributed by atoms with van der Waals surface area (Å²) in [5.74, 6) is -1.50. The van der Waals surface area contributed by atoms with E-state index in [1.165, 1.54) is 14.2 Å². The van der Waals surface area contributed by atoms with Crippen LogP contribution in [0.2, 0.25) is 0 Å². The second kappa shape index (κ2) is 7.23. The molecule has 0 aromatic rings. The van der Waals surface area contributed by atoms with Gasteiger partial charge in [-0.15, -0.1) is 0 Å². The Bertz CT molecular complexity index is 392. The largest absolute Gasteiger partial charge is 0.469 e. The van der Waals surface area contributed by atoms with Gasteiger partial charge in [0.25, 0.3) is 0 Å². The highest BCUT2D eigenvalue weighted by Crippen LogP contribution is 2.31. The molecule has 1 rings (SSSR count). The van der Waals surface area contributed by atoms with Crippen LogP contribution in [-0.2, 0) is 23.8 Å². The van der Waals surface area contributed by atoms with Crippen molar-refractivity contribution in [1.29, 1.82) is 0 Å². The smallest absolute Gasteiger partial charge is 0.335 e. The van der Waals surface area contributed by atoms with Crippen LogP contribution in [0.3, 0.4) is 0 Å². The second-order valence-electron chi connectivity index (χ2n) is 5.12. The first-order valence-electron chi connectivity index (χ1n) is 6.46. The van der Waals surface area contributed by atoms with Crippen molar-refractivity contribution >= 4 is 17.7 Å². The molecule has 0 radical (unpaired) electrons. The molecule has 1 aliphatic rings. The first-order valence-corrected chi connectivity index (χ1v) is 6.46. The number of carbonyl (C=O) groups excluding carboxylic acids is 2. The molecule has 114 valence electrons. The SMILES string of the molecule is COC(=O)[C@H]1C[C@@H](C(=O)OC)[C@H](/C(CC(C)C)=N/O)O1. The number of nitrogens with zero attached hydrogens (tertiary/aromatic N) is 1. The van der Waals surface area contributed by atoms with Gasteiger partial charge in [-0.05, 0) is 12.3 Å². The maximum Gasteiger partial charge on any atom is 0.335 e. The topological polar surface area (TPSA) is 94.4 Å². The molecule has 0 aromatic carbocycles. The van der Waals surface area contributed by atoms with E-state index in [4.69, 9.17) is 14.7 Å². The van der Waals surface area contributed by atoms with Gasteiger partial charge >= 0.3 is 11.9 Å². The van der Waals surface area contributed by atoms with Crippen molar-refractivity contribution in [2.45, 2.75) is 38.9 Å². The van der Waals surface area contributed by atoms with Gasteiger partial charge in [0.2, 0.25) is 0 Å². The molecule has 0 bridgehead atoms. The number of hydrogen-bond donors (Lipinski definition) is 1. The summed E-state index contributed by atoms with van der Waals surface area (Å²) in [6.07, 6.45) is -0.999.